The van der Waals surface area contributed by atoms with Crippen LogP contribution in [0.2, 0.25) is 0 Å². The number of rotatable bonds is 8. The summed E-state index contributed by atoms with van der Waals surface area (Å²) in [4.78, 5) is 22.5. The van der Waals surface area contributed by atoms with Crippen LogP contribution in [0.25, 0.3) is 11.1 Å². The molecule has 1 N–H and O–H groups in total. The van der Waals surface area contributed by atoms with Crippen LogP contribution in [-0.4, -0.2) is 43.7 Å². The third-order valence-corrected chi connectivity index (χ3v) is 4.39. The summed E-state index contributed by atoms with van der Waals surface area (Å²) in [6.45, 7) is 2.39. The number of ether oxygens (including phenoxy) is 2. The van der Waals surface area contributed by atoms with Crippen LogP contribution in [0.3, 0.4) is 0 Å². The second kappa shape index (κ2) is 8.76. The fourth-order valence-corrected chi connectivity index (χ4v) is 3.00. The number of hydrogen-bond donors (Lipinski definition) is 1. The molecule has 0 amide bonds. The maximum atomic E-state index is 14.3. The standard InChI is InChI=1S/C20H21FN4O5/c1-12-8-14(24(2)23-12)11-25-10-13(9-22-25)15-4-5-16(21)20(19(15)29-3)30-18(28)7-6-17(26)27/h4-5,8-10H,6-7,11H2,1-3H3,(H,26,27). The molecule has 2 heterocycles. The van der Waals surface area contributed by atoms with Gasteiger partial charge in [0.05, 0.1) is 44.1 Å². The number of carboxylic acids is 1. The zero-order chi connectivity index (χ0) is 21.8. The van der Waals surface area contributed by atoms with Gasteiger partial charge >= 0.3 is 11.9 Å². The Bertz CT molecular complexity index is 1090. The van der Waals surface area contributed by atoms with Gasteiger partial charge in [0, 0.05) is 24.4 Å². The summed E-state index contributed by atoms with van der Waals surface area (Å²) in [6, 6.07) is 4.60. The fraction of sp³-hybridized carbons (Fsp3) is 0.300. The van der Waals surface area contributed by atoms with E-state index in [0.29, 0.717) is 17.7 Å². The van der Waals surface area contributed by atoms with E-state index in [0.717, 1.165) is 17.5 Å². The quantitative estimate of drug-likeness (QED) is 0.444. The van der Waals surface area contributed by atoms with E-state index in [1.54, 1.807) is 21.8 Å². The lowest BCUT2D eigenvalue weighted by Gasteiger charge is -2.13. The molecule has 0 saturated heterocycles. The molecule has 0 saturated carbocycles. The van der Waals surface area contributed by atoms with Gasteiger partial charge in [0.1, 0.15) is 0 Å². The SMILES string of the molecule is COc1c(-c2cnn(Cc3cc(C)nn3C)c2)ccc(F)c1OC(=O)CCC(=O)O. The molecule has 0 bridgehead atoms. The smallest absolute Gasteiger partial charge is 0.312 e. The maximum Gasteiger partial charge on any atom is 0.312 e. The number of halogens is 1. The lowest BCUT2D eigenvalue weighted by atomic mass is 10.1. The van der Waals surface area contributed by atoms with Crippen LogP contribution in [0.5, 0.6) is 11.5 Å². The van der Waals surface area contributed by atoms with E-state index in [2.05, 4.69) is 10.2 Å². The van der Waals surface area contributed by atoms with Gasteiger partial charge in [-0.2, -0.15) is 10.2 Å². The van der Waals surface area contributed by atoms with Gasteiger partial charge in [-0.05, 0) is 25.1 Å². The molecule has 0 aliphatic heterocycles. The van der Waals surface area contributed by atoms with E-state index in [1.807, 2.05) is 20.0 Å². The van der Waals surface area contributed by atoms with Crippen molar-refractivity contribution in [1.82, 2.24) is 19.6 Å². The van der Waals surface area contributed by atoms with E-state index in [4.69, 9.17) is 14.6 Å². The van der Waals surface area contributed by atoms with Crippen molar-refractivity contribution in [2.75, 3.05) is 7.11 Å². The Kier molecular flexibility index (Phi) is 6.14. The summed E-state index contributed by atoms with van der Waals surface area (Å²) in [6.07, 6.45) is 2.55. The molecule has 1 aromatic carbocycles. The number of carbonyl (C=O) groups is 2. The van der Waals surface area contributed by atoms with Gasteiger partial charge in [-0.25, -0.2) is 4.39 Å². The van der Waals surface area contributed by atoms with Crippen molar-refractivity contribution in [3.8, 4) is 22.6 Å². The van der Waals surface area contributed by atoms with Crippen molar-refractivity contribution in [2.24, 2.45) is 7.05 Å². The van der Waals surface area contributed by atoms with E-state index in [1.165, 1.54) is 13.2 Å². The number of esters is 1. The molecule has 2 aromatic heterocycles. The topological polar surface area (TPSA) is 108 Å². The van der Waals surface area contributed by atoms with Crippen LogP contribution in [-0.2, 0) is 23.2 Å². The largest absolute Gasteiger partial charge is 0.492 e. The molecule has 3 aromatic rings. The van der Waals surface area contributed by atoms with Crippen LogP contribution in [0.4, 0.5) is 4.39 Å². The maximum absolute atomic E-state index is 14.3. The summed E-state index contributed by atoms with van der Waals surface area (Å²) >= 11 is 0. The minimum atomic E-state index is -1.15. The number of carboxylic acid groups (broad SMARTS) is 1. The third kappa shape index (κ3) is 4.65. The molecular formula is C20H21FN4O5. The van der Waals surface area contributed by atoms with Gasteiger partial charge in [-0.1, -0.05) is 0 Å². The molecule has 30 heavy (non-hydrogen) atoms. The second-order valence-electron chi connectivity index (χ2n) is 6.65. The molecule has 0 radical (unpaired) electrons. The van der Waals surface area contributed by atoms with Crippen LogP contribution < -0.4 is 9.47 Å². The third-order valence-electron chi connectivity index (χ3n) is 4.39. The highest BCUT2D eigenvalue weighted by atomic mass is 19.1. The predicted molar refractivity (Wildman–Crippen MR) is 104 cm³/mol. The summed E-state index contributed by atoms with van der Waals surface area (Å²) in [5.74, 6) is -3.18. The Morgan fingerprint density at radius 3 is 2.63 bits per heavy atom. The van der Waals surface area contributed by atoms with Gasteiger partial charge in [0.2, 0.25) is 5.75 Å². The van der Waals surface area contributed by atoms with Crippen LogP contribution in [0.1, 0.15) is 24.2 Å². The molecule has 0 fully saturated rings. The van der Waals surface area contributed by atoms with Crippen molar-refractivity contribution in [2.45, 2.75) is 26.3 Å². The highest BCUT2D eigenvalue weighted by Gasteiger charge is 2.21. The normalized spacial score (nSPS) is 10.8. The van der Waals surface area contributed by atoms with Crippen molar-refractivity contribution >= 4 is 11.9 Å². The Morgan fingerprint density at radius 1 is 1.23 bits per heavy atom. The molecule has 0 unspecified atom stereocenters. The minimum Gasteiger partial charge on any atom is -0.492 e. The first-order chi connectivity index (χ1) is 14.3. The van der Waals surface area contributed by atoms with Crippen molar-refractivity contribution < 1.29 is 28.6 Å². The number of hydrogen-bond acceptors (Lipinski definition) is 6. The molecule has 3 rings (SSSR count). The van der Waals surface area contributed by atoms with Crippen LogP contribution in [0.15, 0.2) is 30.6 Å². The van der Waals surface area contributed by atoms with Crippen LogP contribution in [0, 0.1) is 12.7 Å². The molecule has 10 heteroatoms. The number of carbonyl (C=O) groups excluding carboxylic acids is 1. The predicted octanol–water partition coefficient (Wildman–Crippen LogP) is 2.56. The summed E-state index contributed by atoms with van der Waals surface area (Å²) in [5.41, 5.74) is 2.97. The second-order valence-corrected chi connectivity index (χ2v) is 6.65. The first-order valence-electron chi connectivity index (χ1n) is 9.09. The van der Waals surface area contributed by atoms with Gasteiger partial charge in [0.25, 0.3) is 0 Å². The van der Waals surface area contributed by atoms with E-state index in [-0.39, 0.29) is 17.9 Å². The summed E-state index contributed by atoms with van der Waals surface area (Å²) in [7, 11) is 3.18. The summed E-state index contributed by atoms with van der Waals surface area (Å²) < 4.78 is 28.2. The highest BCUT2D eigenvalue weighted by Crippen LogP contribution is 2.40. The first-order valence-corrected chi connectivity index (χ1v) is 9.09. The number of nitrogens with zero attached hydrogens (tertiary/aromatic N) is 4. The lowest BCUT2D eigenvalue weighted by Crippen LogP contribution is -2.12. The van der Waals surface area contributed by atoms with Gasteiger partial charge < -0.3 is 14.6 Å². The van der Waals surface area contributed by atoms with Crippen LogP contribution >= 0.6 is 0 Å². The fourth-order valence-electron chi connectivity index (χ4n) is 3.00. The first kappa shape index (κ1) is 21.0. The van der Waals surface area contributed by atoms with Crippen molar-refractivity contribution in [3.63, 3.8) is 0 Å². The molecule has 9 nitrogen and oxygen atoms in total. The number of benzene rings is 1. The average Bonchev–Trinajstić information content (AvgIpc) is 3.27. The minimum absolute atomic E-state index is 0.0228. The Hall–Kier alpha value is -3.69. The van der Waals surface area contributed by atoms with E-state index < -0.39 is 24.2 Å². The Labute approximate surface area is 171 Å². The highest BCUT2D eigenvalue weighted by molar-refractivity contribution is 5.80. The number of aryl methyl sites for hydroxylation is 2. The Balaban J connectivity index is 1.87. The lowest BCUT2D eigenvalue weighted by molar-refractivity contribution is -0.142. The Morgan fingerprint density at radius 2 is 2.00 bits per heavy atom. The van der Waals surface area contributed by atoms with E-state index >= 15 is 0 Å². The van der Waals surface area contributed by atoms with Crippen molar-refractivity contribution in [3.05, 3.63) is 47.8 Å². The molecule has 0 aliphatic carbocycles. The van der Waals surface area contributed by atoms with Gasteiger partial charge in [-0.3, -0.25) is 19.0 Å². The van der Waals surface area contributed by atoms with Gasteiger partial charge in [0.15, 0.2) is 11.6 Å². The van der Waals surface area contributed by atoms with Crippen molar-refractivity contribution in [1.29, 1.82) is 0 Å². The number of aliphatic carboxylic acids is 1. The number of methoxy groups -OCH3 is 1. The molecule has 158 valence electrons. The zero-order valence-corrected chi connectivity index (χ0v) is 16.8. The summed E-state index contributed by atoms with van der Waals surface area (Å²) in [5, 5.41) is 17.3. The zero-order valence-electron chi connectivity index (χ0n) is 16.8. The molecule has 0 aliphatic rings. The van der Waals surface area contributed by atoms with E-state index in [9.17, 15) is 14.0 Å². The molecule has 0 spiro atoms. The molecule has 0 atom stereocenters. The van der Waals surface area contributed by atoms with Gasteiger partial charge in [-0.15, -0.1) is 0 Å². The monoisotopic (exact) mass is 416 g/mol. The molecular weight excluding hydrogens is 395 g/mol. The average molecular weight is 416 g/mol. The number of aromatic nitrogens is 4.